The van der Waals surface area contributed by atoms with Crippen LogP contribution >= 0.6 is 0 Å². The van der Waals surface area contributed by atoms with Gasteiger partial charge in [0.15, 0.2) is 0 Å². The highest BCUT2D eigenvalue weighted by molar-refractivity contribution is 6.39. The molecule has 0 unspecified atom stereocenters. The Balaban J connectivity index is 2.68. The van der Waals surface area contributed by atoms with Crippen LogP contribution in [0.4, 0.5) is 5.69 Å². The molecule has 0 saturated heterocycles. The van der Waals surface area contributed by atoms with Crippen LogP contribution in [0.1, 0.15) is 57.1 Å². The topological polar surface area (TPSA) is 58.2 Å². The largest absolute Gasteiger partial charge is 0.348 e. The molecule has 116 valence electrons. The van der Waals surface area contributed by atoms with Gasteiger partial charge in [-0.3, -0.25) is 9.59 Å². The lowest BCUT2D eigenvalue weighted by Gasteiger charge is -2.16. The van der Waals surface area contributed by atoms with Gasteiger partial charge in [0.1, 0.15) is 0 Å². The van der Waals surface area contributed by atoms with E-state index in [-0.39, 0.29) is 5.92 Å². The van der Waals surface area contributed by atoms with Gasteiger partial charge in [-0.05, 0) is 30.4 Å². The molecule has 4 heteroatoms. The molecule has 2 N–H and O–H groups in total. The Kier molecular flexibility index (Phi) is 6.92. The Labute approximate surface area is 127 Å². The highest BCUT2D eigenvalue weighted by Gasteiger charge is 2.17. The van der Waals surface area contributed by atoms with Crippen molar-refractivity contribution in [3.05, 3.63) is 29.3 Å². The standard InChI is InChI=1S/C17H26N2O2/c1-5-6-7-11-18-16(20)17(21)19-15-13(4)9-8-10-14(15)12(2)3/h8-10,12H,5-7,11H2,1-4H3,(H,18,20)(H,19,21). The van der Waals surface area contributed by atoms with Crippen LogP contribution in [0.3, 0.4) is 0 Å². The molecule has 0 aromatic heterocycles. The number of unbranched alkanes of at least 4 members (excludes halogenated alkanes) is 2. The van der Waals surface area contributed by atoms with Crippen LogP contribution in [0.2, 0.25) is 0 Å². The maximum Gasteiger partial charge on any atom is 0.313 e. The second-order valence-electron chi connectivity index (χ2n) is 5.61. The number of carbonyl (C=O) groups excluding carboxylic acids is 2. The van der Waals surface area contributed by atoms with Crippen molar-refractivity contribution in [3.8, 4) is 0 Å². The van der Waals surface area contributed by atoms with Gasteiger partial charge < -0.3 is 10.6 Å². The zero-order valence-corrected chi connectivity index (χ0v) is 13.5. The first-order valence-corrected chi connectivity index (χ1v) is 7.66. The third-order valence-corrected chi connectivity index (χ3v) is 3.44. The van der Waals surface area contributed by atoms with E-state index < -0.39 is 11.8 Å². The fourth-order valence-corrected chi connectivity index (χ4v) is 2.17. The van der Waals surface area contributed by atoms with E-state index in [1.165, 1.54) is 0 Å². The van der Waals surface area contributed by atoms with Gasteiger partial charge in [-0.2, -0.15) is 0 Å². The predicted octanol–water partition coefficient (Wildman–Crippen LogP) is 3.36. The molecule has 0 aliphatic carbocycles. The maximum atomic E-state index is 12.0. The summed E-state index contributed by atoms with van der Waals surface area (Å²) in [6.07, 6.45) is 3.04. The number of carbonyl (C=O) groups is 2. The van der Waals surface area contributed by atoms with E-state index in [1.54, 1.807) is 0 Å². The number of amides is 2. The molecule has 1 aromatic carbocycles. The van der Waals surface area contributed by atoms with Crippen molar-refractivity contribution >= 4 is 17.5 Å². The summed E-state index contributed by atoms with van der Waals surface area (Å²) in [6, 6.07) is 5.87. The zero-order chi connectivity index (χ0) is 15.8. The Morgan fingerprint density at radius 3 is 2.48 bits per heavy atom. The van der Waals surface area contributed by atoms with E-state index in [4.69, 9.17) is 0 Å². The highest BCUT2D eigenvalue weighted by Crippen LogP contribution is 2.27. The average molecular weight is 290 g/mol. The lowest BCUT2D eigenvalue weighted by Crippen LogP contribution is -2.36. The van der Waals surface area contributed by atoms with Gasteiger partial charge in [0, 0.05) is 12.2 Å². The van der Waals surface area contributed by atoms with Gasteiger partial charge in [-0.15, -0.1) is 0 Å². The number of benzene rings is 1. The molecular formula is C17H26N2O2. The second-order valence-corrected chi connectivity index (χ2v) is 5.61. The number of hydrogen-bond donors (Lipinski definition) is 2. The molecule has 21 heavy (non-hydrogen) atoms. The van der Waals surface area contributed by atoms with Gasteiger partial charge in [-0.25, -0.2) is 0 Å². The molecule has 0 radical (unpaired) electrons. The molecule has 0 bridgehead atoms. The van der Waals surface area contributed by atoms with Crippen LogP contribution in [0, 0.1) is 6.92 Å². The Morgan fingerprint density at radius 2 is 1.86 bits per heavy atom. The van der Waals surface area contributed by atoms with E-state index in [9.17, 15) is 9.59 Å². The van der Waals surface area contributed by atoms with Crippen LogP contribution in [0.15, 0.2) is 18.2 Å². The van der Waals surface area contributed by atoms with Crippen molar-refractivity contribution in [1.82, 2.24) is 5.32 Å². The molecule has 0 fully saturated rings. The SMILES string of the molecule is CCCCCNC(=O)C(=O)Nc1c(C)cccc1C(C)C. The van der Waals surface area contributed by atoms with Crippen molar-refractivity contribution in [2.75, 3.05) is 11.9 Å². The predicted molar refractivity (Wildman–Crippen MR) is 86.4 cm³/mol. The van der Waals surface area contributed by atoms with E-state index >= 15 is 0 Å². The van der Waals surface area contributed by atoms with Crippen molar-refractivity contribution < 1.29 is 9.59 Å². The summed E-state index contributed by atoms with van der Waals surface area (Å²) in [5.41, 5.74) is 2.76. The van der Waals surface area contributed by atoms with Crippen LogP contribution in [-0.4, -0.2) is 18.4 Å². The van der Waals surface area contributed by atoms with Crippen LogP contribution in [0.5, 0.6) is 0 Å². The molecule has 1 aromatic rings. The molecule has 0 heterocycles. The van der Waals surface area contributed by atoms with Gasteiger partial charge in [0.2, 0.25) is 0 Å². The van der Waals surface area contributed by atoms with Crippen LogP contribution < -0.4 is 10.6 Å². The highest BCUT2D eigenvalue weighted by atomic mass is 16.2. The molecule has 0 aliphatic rings. The minimum Gasteiger partial charge on any atom is -0.348 e. The molecule has 0 spiro atoms. The molecular weight excluding hydrogens is 264 g/mol. The minimum absolute atomic E-state index is 0.285. The average Bonchev–Trinajstić information content (AvgIpc) is 2.45. The zero-order valence-electron chi connectivity index (χ0n) is 13.5. The first-order chi connectivity index (χ1) is 9.97. The quantitative estimate of drug-likeness (QED) is 0.623. The van der Waals surface area contributed by atoms with Gasteiger partial charge >= 0.3 is 11.8 Å². The van der Waals surface area contributed by atoms with Crippen molar-refractivity contribution in [3.63, 3.8) is 0 Å². The van der Waals surface area contributed by atoms with E-state index in [2.05, 4.69) is 31.4 Å². The first kappa shape index (κ1) is 17.2. The summed E-state index contributed by atoms with van der Waals surface area (Å²) < 4.78 is 0. The molecule has 0 aliphatic heterocycles. The Bertz CT molecular complexity index is 496. The van der Waals surface area contributed by atoms with Crippen molar-refractivity contribution in [2.24, 2.45) is 0 Å². The van der Waals surface area contributed by atoms with E-state index in [0.717, 1.165) is 36.1 Å². The molecule has 4 nitrogen and oxygen atoms in total. The molecule has 0 saturated carbocycles. The van der Waals surface area contributed by atoms with Crippen molar-refractivity contribution in [1.29, 1.82) is 0 Å². The smallest absolute Gasteiger partial charge is 0.313 e. The Hall–Kier alpha value is -1.84. The number of para-hydroxylation sites is 1. The van der Waals surface area contributed by atoms with Crippen LogP contribution in [-0.2, 0) is 9.59 Å². The number of nitrogens with one attached hydrogen (secondary N) is 2. The fourth-order valence-electron chi connectivity index (χ4n) is 2.17. The summed E-state index contributed by atoms with van der Waals surface area (Å²) >= 11 is 0. The van der Waals surface area contributed by atoms with Gasteiger partial charge in [0.05, 0.1) is 0 Å². The minimum atomic E-state index is -0.595. The Morgan fingerprint density at radius 1 is 1.14 bits per heavy atom. The number of aryl methyl sites for hydroxylation is 1. The normalized spacial score (nSPS) is 10.5. The molecule has 2 amide bonds. The summed E-state index contributed by atoms with van der Waals surface area (Å²) in [4.78, 5) is 23.8. The van der Waals surface area contributed by atoms with Gasteiger partial charge in [-0.1, -0.05) is 51.8 Å². The summed E-state index contributed by atoms with van der Waals surface area (Å²) in [6.45, 7) is 8.70. The molecule has 1 rings (SSSR count). The second kappa shape index (κ2) is 8.45. The lowest BCUT2D eigenvalue weighted by atomic mass is 9.98. The van der Waals surface area contributed by atoms with E-state index in [0.29, 0.717) is 6.54 Å². The van der Waals surface area contributed by atoms with Crippen molar-refractivity contribution in [2.45, 2.75) is 52.9 Å². The molecule has 0 atom stereocenters. The number of hydrogen-bond acceptors (Lipinski definition) is 2. The third kappa shape index (κ3) is 5.21. The van der Waals surface area contributed by atoms with Crippen LogP contribution in [0.25, 0.3) is 0 Å². The van der Waals surface area contributed by atoms with E-state index in [1.807, 2.05) is 25.1 Å². The summed E-state index contributed by atoms with van der Waals surface area (Å²) in [7, 11) is 0. The number of rotatable bonds is 6. The summed E-state index contributed by atoms with van der Waals surface area (Å²) in [5.74, 6) is -0.875. The third-order valence-electron chi connectivity index (χ3n) is 3.44. The number of anilines is 1. The summed E-state index contributed by atoms with van der Waals surface area (Å²) in [5, 5.41) is 5.40. The maximum absolute atomic E-state index is 12.0. The monoisotopic (exact) mass is 290 g/mol. The first-order valence-electron chi connectivity index (χ1n) is 7.66. The lowest BCUT2D eigenvalue weighted by molar-refractivity contribution is -0.136. The van der Waals surface area contributed by atoms with Gasteiger partial charge in [0.25, 0.3) is 0 Å². The fraction of sp³-hybridized carbons (Fsp3) is 0.529.